The second-order valence-corrected chi connectivity index (χ2v) is 5.02. The lowest BCUT2D eigenvalue weighted by Gasteiger charge is -2.31. The zero-order chi connectivity index (χ0) is 14.0. The lowest BCUT2D eigenvalue weighted by molar-refractivity contribution is 0.0311. The van der Waals surface area contributed by atoms with Gasteiger partial charge in [0.05, 0.1) is 0 Å². The molecule has 0 saturated carbocycles. The van der Waals surface area contributed by atoms with Crippen LogP contribution in [0.15, 0.2) is 0 Å². The van der Waals surface area contributed by atoms with Gasteiger partial charge in [-0.3, -0.25) is 0 Å². The summed E-state index contributed by atoms with van der Waals surface area (Å²) >= 11 is 0. The van der Waals surface area contributed by atoms with Crippen LogP contribution in [-0.2, 0) is 18.6 Å². The summed E-state index contributed by atoms with van der Waals surface area (Å²) < 4.78 is 20.7. The molecule has 2 aliphatic heterocycles. The standard InChI is InChI=1S/C6H13BO2.C4H9BO2.C2H6/c1-6(2)4-8-7(3)9-5-6;1-5-6-3-2-4-7-5;1-2/h4-5H2,1-3H3;2-4H2,1H3;1-2H3. The predicted molar refractivity (Wildman–Crippen MR) is 76.8 cm³/mol. The highest BCUT2D eigenvalue weighted by Crippen LogP contribution is 2.20. The first kappa shape index (κ1) is 18.0. The van der Waals surface area contributed by atoms with Crippen molar-refractivity contribution in [3.8, 4) is 0 Å². The molecule has 0 aliphatic carbocycles. The Balaban J connectivity index is 0.000000289. The van der Waals surface area contributed by atoms with E-state index in [9.17, 15) is 0 Å². The minimum atomic E-state index is -0.00183. The maximum atomic E-state index is 5.27. The van der Waals surface area contributed by atoms with Crippen LogP contribution >= 0.6 is 0 Å². The fourth-order valence-corrected chi connectivity index (χ4v) is 1.38. The van der Waals surface area contributed by atoms with Gasteiger partial charge in [0.15, 0.2) is 0 Å². The second kappa shape index (κ2) is 9.84. The van der Waals surface area contributed by atoms with Crippen LogP contribution in [0, 0.1) is 5.41 Å². The van der Waals surface area contributed by atoms with Gasteiger partial charge in [0.25, 0.3) is 0 Å². The van der Waals surface area contributed by atoms with Gasteiger partial charge >= 0.3 is 14.2 Å². The minimum Gasteiger partial charge on any atom is -0.411 e. The lowest BCUT2D eigenvalue weighted by Crippen LogP contribution is -2.38. The molecule has 0 bridgehead atoms. The first-order valence-electron chi connectivity index (χ1n) is 6.96. The number of hydrogen-bond acceptors (Lipinski definition) is 4. The summed E-state index contributed by atoms with van der Waals surface area (Å²) in [4.78, 5) is 0. The van der Waals surface area contributed by atoms with E-state index in [0.717, 1.165) is 32.8 Å². The molecule has 6 heteroatoms. The van der Waals surface area contributed by atoms with Crippen molar-refractivity contribution >= 4 is 14.2 Å². The number of hydrogen-bond donors (Lipinski definition) is 0. The van der Waals surface area contributed by atoms with Gasteiger partial charge in [-0.1, -0.05) is 27.7 Å². The maximum Gasteiger partial charge on any atom is 0.453 e. The molecule has 106 valence electrons. The van der Waals surface area contributed by atoms with Gasteiger partial charge in [-0.15, -0.1) is 0 Å². The van der Waals surface area contributed by atoms with E-state index in [2.05, 4.69) is 13.8 Å². The van der Waals surface area contributed by atoms with Gasteiger partial charge in [-0.2, -0.15) is 0 Å². The van der Waals surface area contributed by atoms with Crippen molar-refractivity contribution < 1.29 is 18.6 Å². The van der Waals surface area contributed by atoms with Gasteiger partial charge in [-0.05, 0) is 20.1 Å². The van der Waals surface area contributed by atoms with Crippen LogP contribution in [0.1, 0.15) is 34.1 Å². The summed E-state index contributed by atoms with van der Waals surface area (Å²) in [5.41, 5.74) is 0.215. The highest BCUT2D eigenvalue weighted by atomic mass is 16.6. The third-order valence-electron chi connectivity index (χ3n) is 2.41. The van der Waals surface area contributed by atoms with E-state index in [1.54, 1.807) is 0 Å². The molecule has 0 atom stereocenters. The van der Waals surface area contributed by atoms with Gasteiger partial charge in [-0.25, -0.2) is 0 Å². The monoisotopic (exact) mass is 258 g/mol. The normalized spacial score (nSPS) is 22.3. The van der Waals surface area contributed by atoms with E-state index in [-0.39, 0.29) is 19.7 Å². The summed E-state index contributed by atoms with van der Waals surface area (Å²) in [5.74, 6) is 0. The molecule has 0 N–H and O–H groups in total. The topological polar surface area (TPSA) is 36.9 Å². The average molecular weight is 258 g/mol. The molecule has 18 heavy (non-hydrogen) atoms. The quantitative estimate of drug-likeness (QED) is 0.626. The van der Waals surface area contributed by atoms with Crippen LogP contribution in [0.2, 0.25) is 13.6 Å². The Kier molecular flexibility index (Phi) is 9.83. The molecule has 2 aliphatic rings. The van der Waals surface area contributed by atoms with Crippen molar-refractivity contribution in [1.82, 2.24) is 0 Å². The summed E-state index contributed by atoms with van der Waals surface area (Å²) in [5, 5.41) is 0. The Labute approximate surface area is 113 Å². The molecular weight excluding hydrogens is 230 g/mol. The zero-order valence-electron chi connectivity index (χ0n) is 12.8. The van der Waals surface area contributed by atoms with Crippen molar-refractivity contribution in [2.75, 3.05) is 26.4 Å². The molecule has 0 radical (unpaired) electrons. The highest BCUT2D eigenvalue weighted by molar-refractivity contribution is 6.42. The van der Waals surface area contributed by atoms with E-state index in [1.807, 2.05) is 27.5 Å². The first-order valence-corrected chi connectivity index (χ1v) is 6.96. The zero-order valence-corrected chi connectivity index (χ0v) is 12.8. The van der Waals surface area contributed by atoms with E-state index in [4.69, 9.17) is 18.6 Å². The van der Waals surface area contributed by atoms with Crippen LogP contribution in [0.4, 0.5) is 0 Å². The Morgan fingerprint density at radius 2 is 1.17 bits per heavy atom. The Hall–Kier alpha value is -0.0301. The Morgan fingerprint density at radius 3 is 1.44 bits per heavy atom. The molecule has 2 fully saturated rings. The minimum absolute atomic E-state index is 0.00183. The summed E-state index contributed by atoms with van der Waals surface area (Å²) in [6, 6.07) is 0. The molecule has 0 aromatic heterocycles. The van der Waals surface area contributed by atoms with Crippen LogP contribution in [0.5, 0.6) is 0 Å². The van der Waals surface area contributed by atoms with Crippen molar-refractivity contribution in [3.05, 3.63) is 0 Å². The summed E-state index contributed by atoms with van der Waals surface area (Å²) in [6.07, 6.45) is 1.05. The SMILES string of the molecule is CB1OCC(C)(C)CO1.CB1OCCCO1.CC. The largest absolute Gasteiger partial charge is 0.453 e. The van der Waals surface area contributed by atoms with Gasteiger partial charge in [0.2, 0.25) is 0 Å². The van der Waals surface area contributed by atoms with Crippen LogP contribution in [0.3, 0.4) is 0 Å². The van der Waals surface area contributed by atoms with E-state index >= 15 is 0 Å². The molecule has 0 amide bonds. The van der Waals surface area contributed by atoms with Crippen LogP contribution < -0.4 is 0 Å². The van der Waals surface area contributed by atoms with E-state index in [1.165, 1.54) is 0 Å². The molecular formula is C12H28B2O4. The van der Waals surface area contributed by atoms with Crippen LogP contribution in [-0.4, -0.2) is 40.7 Å². The fourth-order valence-electron chi connectivity index (χ4n) is 1.38. The van der Waals surface area contributed by atoms with Crippen molar-refractivity contribution in [1.29, 1.82) is 0 Å². The number of rotatable bonds is 0. The molecule has 0 unspecified atom stereocenters. The molecule has 4 nitrogen and oxygen atoms in total. The van der Waals surface area contributed by atoms with Crippen molar-refractivity contribution in [2.45, 2.75) is 47.8 Å². The van der Waals surface area contributed by atoms with Crippen molar-refractivity contribution in [2.24, 2.45) is 5.41 Å². The summed E-state index contributed by atoms with van der Waals surface area (Å²) in [6.45, 7) is 15.5. The predicted octanol–water partition coefficient (Wildman–Crippen LogP) is 2.74. The average Bonchev–Trinajstić information content (AvgIpc) is 2.37. The first-order chi connectivity index (χ1) is 8.49. The molecule has 0 aromatic carbocycles. The summed E-state index contributed by atoms with van der Waals surface area (Å²) in [7, 11) is 0.0341. The molecule has 2 heterocycles. The van der Waals surface area contributed by atoms with Gasteiger partial charge in [0, 0.05) is 31.8 Å². The smallest absolute Gasteiger partial charge is 0.411 e. The van der Waals surface area contributed by atoms with Crippen LogP contribution in [0.25, 0.3) is 0 Å². The van der Waals surface area contributed by atoms with Gasteiger partial charge < -0.3 is 18.6 Å². The van der Waals surface area contributed by atoms with Gasteiger partial charge in [0.1, 0.15) is 0 Å². The fraction of sp³-hybridized carbons (Fsp3) is 1.00. The third kappa shape index (κ3) is 8.97. The maximum absolute atomic E-state index is 5.27. The highest BCUT2D eigenvalue weighted by Gasteiger charge is 2.28. The van der Waals surface area contributed by atoms with E-state index in [0.29, 0.717) is 0 Å². The Bertz CT molecular complexity index is 187. The van der Waals surface area contributed by atoms with E-state index < -0.39 is 0 Å². The van der Waals surface area contributed by atoms with Crippen molar-refractivity contribution in [3.63, 3.8) is 0 Å². The lowest BCUT2D eigenvalue weighted by atomic mass is 9.86. The molecule has 2 rings (SSSR count). The Morgan fingerprint density at radius 1 is 0.778 bits per heavy atom. The third-order valence-corrected chi connectivity index (χ3v) is 2.41. The molecule has 0 aromatic rings. The molecule has 0 spiro atoms. The second-order valence-electron chi connectivity index (χ2n) is 5.02. The molecule has 2 saturated heterocycles.